The van der Waals surface area contributed by atoms with Gasteiger partial charge in [-0.25, -0.2) is 4.39 Å². The maximum Gasteiger partial charge on any atom is 0.180 e. The van der Waals surface area contributed by atoms with E-state index in [2.05, 4.69) is 10.2 Å². The van der Waals surface area contributed by atoms with Crippen LogP contribution in [0.1, 0.15) is 11.1 Å². The minimum Gasteiger partial charge on any atom is -0.506 e. The Morgan fingerprint density at radius 2 is 2.05 bits per heavy atom. The fourth-order valence-corrected chi connectivity index (χ4v) is 2.42. The molecule has 7 heteroatoms. The predicted molar refractivity (Wildman–Crippen MR) is 90.0 cm³/mol. The Labute approximate surface area is 136 Å². The quantitative estimate of drug-likeness (QED) is 0.507. The molecule has 0 radical (unpaired) electrons. The van der Waals surface area contributed by atoms with Gasteiger partial charge in [-0.05, 0) is 17.7 Å². The topological polar surface area (TPSA) is 71.0 Å². The zero-order chi connectivity index (χ0) is 15.9. The second-order valence-corrected chi connectivity index (χ2v) is 5.69. The Morgan fingerprint density at radius 1 is 1.32 bits per heavy atom. The number of phenols is 1. The van der Waals surface area contributed by atoms with E-state index in [9.17, 15) is 9.50 Å². The van der Waals surface area contributed by atoms with E-state index < -0.39 is 5.82 Å². The number of phenolic OH excluding ortho intramolecular Hbond substituents is 1. The van der Waals surface area contributed by atoms with E-state index in [-0.39, 0.29) is 21.5 Å². The summed E-state index contributed by atoms with van der Waals surface area (Å²) in [7, 11) is 0. The van der Waals surface area contributed by atoms with Gasteiger partial charge in [0.25, 0.3) is 0 Å². The Bertz CT molecular complexity index is 707. The molecule has 2 aromatic carbocycles. The van der Waals surface area contributed by atoms with Crippen LogP contribution < -0.4 is 5.73 Å². The molecule has 2 rings (SSSR count). The van der Waals surface area contributed by atoms with Crippen LogP contribution in [0.2, 0.25) is 5.02 Å². The van der Waals surface area contributed by atoms with Gasteiger partial charge in [0.2, 0.25) is 0 Å². The highest BCUT2D eigenvalue weighted by molar-refractivity contribution is 8.13. The van der Waals surface area contributed by atoms with Crippen molar-refractivity contribution in [3.8, 4) is 5.75 Å². The third-order valence-corrected chi connectivity index (χ3v) is 3.78. The molecule has 0 saturated carbocycles. The lowest BCUT2D eigenvalue weighted by Crippen LogP contribution is -2.06. The van der Waals surface area contributed by atoms with E-state index >= 15 is 0 Å². The van der Waals surface area contributed by atoms with Gasteiger partial charge in [0.05, 0.1) is 11.2 Å². The van der Waals surface area contributed by atoms with Crippen molar-refractivity contribution in [2.75, 3.05) is 0 Å². The van der Waals surface area contributed by atoms with E-state index in [1.807, 2.05) is 30.3 Å². The van der Waals surface area contributed by atoms with Crippen molar-refractivity contribution in [3.63, 3.8) is 0 Å². The molecule has 2 aromatic rings. The third kappa shape index (κ3) is 4.75. The number of hydrogen-bond donors (Lipinski definition) is 2. The largest absolute Gasteiger partial charge is 0.506 e. The van der Waals surface area contributed by atoms with E-state index in [1.54, 1.807) is 0 Å². The Kier molecular flexibility index (Phi) is 5.80. The molecule has 114 valence electrons. The van der Waals surface area contributed by atoms with Gasteiger partial charge in [0.1, 0.15) is 11.6 Å². The number of thioether (sulfide) groups is 1. The Morgan fingerprint density at radius 3 is 2.77 bits per heavy atom. The molecule has 0 heterocycles. The molecule has 0 aromatic heterocycles. The number of nitrogens with zero attached hydrogens (tertiary/aromatic N) is 2. The number of amidine groups is 1. The van der Waals surface area contributed by atoms with Crippen LogP contribution in [0.15, 0.2) is 52.7 Å². The smallest absolute Gasteiger partial charge is 0.180 e. The summed E-state index contributed by atoms with van der Waals surface area (Å²) in [6, 6.07) is 11.9. The van der Waals surface area contributed by atoms with Crippen molar-refractivity contribution >= 4 is 34.7 Å². The third-order valence-electron chi connectivity index (χ3n) is 2.64. The van der Waals surface area contributed by atoms with Crippen molar-refractivity contribution in [1.82, 2.24) is 0 Å². The van der Waals surface area contributed by atoms with Gasteiger partial charge in [0, 0.05) is 11.3 Å². The standard InChI is InChI=1S/C15H13ClFN3OS/c16-13-7-12(17)6-11(14(13)21)8-19-20-15(18)22-9-10-4-2-1-3-5-10/h1-8,21H,9H2,(H2,18,20). The monoisotopic (exact) mass is 337 g/mol. The van der Waals surface area contributed by atoms with Crippen molar-refractivity contribution in [1.29, 1.82) is 0 Å². The molecule has 0 unspecified atom stereocenters. The molecule has 0 spiro atoms. The number of nitrogens with two attached hydrogens (primary N) is 1. The molecule has 0 aliphatic carbocycles. The van der Waals surface area contributed by atoms with E-state index in [0.717, 1.165) is 17.7 Å². The number of benzene rings is 2. The molecule has 0 saturated heterocycles. The van der Waals surface area contributed by atoms with Gasteiger partial charge in [-0.3, -0.25) is 0 Å². The lowest BCUT2D eigenvalue weighted by molar-refractivity contribution is 0.472. The average molecular weight is 338 g/mol. The van der Waals surface area contributed by atoms with Crippen LogP contribution in [0.3, 0.4) is 0 Å². The Hall–Kier alpha value is -2.05. The van der Waals surface area contributed by atoms with E-state index in [0.29, 0.717) is 5.75 Å². The highest BCUT2D eigenvalue weighted by atomic mass is 35.5. The second kappa shape index (κ2) is 7.82. The molecular weight excluding hydrogens is 325 g/mol. The van der Waals surface area contributed by atoms with Gasteiger partial charge in [-0.15, -0.1) is 5.10 Å². The minimum atomic E-state index is -0.570. The molecule has 3 N–H and O–H groups in total. The van der Waals surface area contributed by atoms with Crippen LogP contribution >= 0.6 is 23.4 Å². The first kappa shape index (κ1) is 16.3. The lowest BCUT2D eigenvalue weighted by atomic mass is 10.2. The summed E-state index contributed by atoms with van der Waals surface area (Å²) in [6.07, 6.45) is 1.19. The second-order valence-electron chi connectivity index (χ2n) is 4.28. The highest BCUT2D eigenvalue weighted by Crippen LogP contribution is 2.27. The first-order valence-corrected chi connectivity index (χ1v) is 7.64. The highest BCUT2D eigenvalue weighted by Gasteiger charge is 2.06. The first-order chi connectivity index (χ1) is 10.6. The summed E-state index contributed by atoms with van der Waals surface area (Å²) >= 11 is 6.99. The van der Waals surface area contributed by atoms with Crippen LogP contribution in [-0.2, 0) is 5.75 Å². The minimum absolute atomic E-state index is 0.0862. The number of halogens is 2. The lowest BCUT2D eigenvalue weighted by Gasteiger charge is -2.01. The molecule has 22 heavy (non-hydrogen) atoms. The summed E-state index contributed by atoms with van der Waals surface area (Å²) in [4.78, 5) is 0. The fourth-order valence-electron chi connectivity index (χ4n) is 1.59. The van der Waals surface area contributed by atoms with E-state index in [4.69, 9.17) is 17.3 Å². The van der Waals surface area contributed by atoms with Crippen molar-refractivity contribution in [3.05, 3.63) is 64.4 Å². The van der Waals surface area contributed by atoms with Crippen LogP contribution in [0.5, 0.6) is 5.75 Å². The summed E-state index contributed by atoms with van der Waals surface area (Å²) in [5.74, 6) is -0.153. The first-order valence-electron chi connectivity index (χ1n) is 6.27. The number of hydrogen-bond acceptors (Lipinski definition) is 4. The summed E-state index contributed by atoms with van der Waals surface area (Å²) in [5.41, 5.74) is 6.97. The zero-order valence-electron chi connectivity index (χ0n) is 11.4. The molecule has 0 aliphatic heterocycles. The molecule has 0 amide bonds. The summed E-state index contributed by atoms with van der Waals surface area (Å²) in [5, 5.41) is 17.4. The molecule has 4 nitrogen and oxygen atoms in total. The molecule has 0 aliphatic rings. The van der Waals surface area contributed by atoms with Gasteiger partial charge in [-0.1, -0.05) is 53.7 Å². The van der Waals surface area contributed by atoms with Gasteiger partial charge >= 0.3 is 0 Å². The van der Waals surface area contributed by atoms with Gasteiger partial charge < -0.3 is 10.8 Å². The van der Waals surface area contributed by atoms with Crippen molar-refractivity contribution in [2.45, 2.75) is 5.75 Å². The number of aromatic hydroxyl groups is 1. The molecular formula is C15H13ClFN3OS. The van der Waals surface area contributed by atoms with Crippen LogP contribution in [0.25, 0.3) is 0 Å². The maximum atomic E-state index is 13.2. The van der Waals surface area contributed by atoms with Crippen molar-refractivity contribution < 1.29 is 9.50 Å². The van der Waals surface area contributed by atoms with Crippen molar-refractivity contribution in [2.24, 2.45) is 15.9 Å². The molecule has 0 bridgehead atoms. The van der Waals surface area contributed by atoms with Crippen LogP contribution in [0, 0.1) is 5.82 Å². The number of rotatable bonds is 4. The average Bonchev–Trinajstić information content (AvgIpc) is 2.51. The zero-order valence-corrected chi connectivity index (χ0v) is 13.0. The van der Waals surface area contributed by atoms with E-state index in [1.165, 1.54) is 18.0 Å². The van der Waals surface area contributed by atoms with Gasteiger partial charge in [-0.2, -0.15) is 5.10 Å². The summed E-state index contributed by atoms with van der Waals surface area (Å²) in [6.45, 7) is 0. The fraction of sp³-hybridized carbons (Fsp3) is 0.0667. The molecule has 0 fully saturated rings. The summed E-state index contributed by atoms with van der Waals surface area (Å²) < 4.78 is 13.2. The van der Waals surface area contributed by atoms with Crippen LogP contribution in [-0.4, -0.2) is 16.5 Å². The predicted octanol–water partition coefficient (Wildman–Crippen LogP) is 3.77. The molecule has 0 atom stereocenters. The van der Waals surface area contributed by atoms with Gasteiger partial charge in [0.15, 0.2) is 5.17 Å². The normalized spacial score (nSPS) is 12.0. The van der Waals surface area contributed by atoms with Crippen LogP contribution in [0.4, 0.5) is 4.39 Å². The SMILES string of the molecule is NC(=NN=Cc1cc(F)cc(Cl)c1O)SCc1ccccc1. The maximum absolute atomic E-state index is 13.2. The Balaban J connectivity index is 1.98.